The third-order valence-electron chi connectivity index (χ3n) is 5.86. The van der Waals surface area contributed by atoms with Gasteiger partial charge in [0.05, 0.1) is 0 Å². The summed E-state index contributed by atoms with van der Waals surface area (Å²) in [5.74, 6) is 5.90. The number of hydrogen-bond donors (Lipinski definition) is 1. The summed E-state index contributed by atoms with van der Waals surface area (Å²) in [6.07, 6.45) is 0. The average Bonchev–Trinajstić information content (AvgIpc) is 2.05. The summed E-state index contributed by atoms with van der Waals surface area (Å²) < 4.78 is 0. The molecule has 6 aliphatic rings. The zero-order chi connectivity index (χ0) is 7.12. The normalized spacial score (nSPS) is 88.2. The fourth-order valence-electron chi connectivity index (χ4n) is 5.88. The van der Waals surface area contributed by atoms with E-state index >= 15 is 0 Å². The molecule has 56 valence electrons. The molecule has 0 spiro atoms. The molecule has 0 atom stereocenters. The molecule has 0 aliphatic heterocycles. The van der Waals surface area contributed by atoms with Crippen LogP contribution in [0.1, 0.15) is 0 Å². The second-order valence-electron chi connectivity index (χ2n) is 5.14. The van der Waals surface area contributed by atoms with Gasteiger partial charge < -0.3 is 9.90 Å². The minimum atomic E-state index is -0.209. The molecule has 0 heterocycles. The minimum Gasteiger partial charge on any atom is -0.339 e. The van der Waals surface area contributed by atoms with Crippen LogP contribution in [0, 0.1) is 46.8 Å². The predicted octanol–water partition coefficient (Wildman–Crippen LogP) is 0.415. The van der Waals surface area contributed by atoms with Gasteiger partial charge in [0.15, 0.2) is 0 Å². The summed E-state index contributed by atoms with van der Waals surface area (Å²) in [5.41, 5.74) is -0.00521. The fourth-order valence-corrected chi connectivity index (χ4v) is 5.88. The Labute approximate surface area is 63.6 Å². The summed E-state index contributed by atoms with van der Waals surface area (Å²) in [5, 5.41) is 9.18. The topological polar surface area (TPSA) is 41.6 Å². The van der Waals surface area contributed by atoms with Crippen molar-refractivity contribution in [3.05, 3.63) is 0 Å². The molecule has 6 saturated carbocycles. The van der Waals surface area contributed by atoms with Gasteiger partial charge >= 0.3 is 5.97 Å². The largest absolute Gasteiger partial charge is 0.487 e. The molecule has 2 N–H and O–H groups in total. The van der Waals surface area contributed by atoms with Crippen molar-refractivity contribution in [1.82, 2.24) is 0 Å². The number of carboxylic acid groups (broad SMARTS) is 1. The van der Waals surface area contributed by atoms with Crippen LogP contribution in [-0.2, 0) is 0 Å². The molecule has 0 aromatic heterocycles. The lowest BCUT2D eigenvalue weighted by atomic mass is 8.96. The molecule has 6 fully saturated rings. The van der Waals surface area contributed by atoms with Gasteiger partial charge in [-0.05, 0) is 41.4 Å². The molecular formula is C9H9O2+. The van der Waals surface area contributed by atoms with Crippen LogP contribution in [-0.4, -0.2) is 15.9 Å². The monoisotopic (exact) mass is 149 g/mol. The van der Waals surface area contributed by atoms with Crippen molar-refractivity contribution in [3.63, 3.8) is 0 Å². The predicted molar refractivity (Wildman–Crippen MR) is 36.4 cm³/mol. The molecule has 0 aromatic carbocycles. The molecule has 11 heavy (non-hydrogen) atoms. The Bertz CT molecular complexity index is 282. The highest BCUT2D eigenvalue weighted by Crippen LogP contribution is 3.05. The molecule has 6 aliphatic carbocycles. The van der Waals surface area contributed by atoms with Crippen LogP contribution < -0.4 is 0 Å². The van der Waals surface area contributed by atoms with Crippen LogP contribution in [0.3, 0.4) is 0 Å². The third kappa shape index (κ3) is 0.149. The molecule has 0 saturated heterocycles. The van der Waals surface area contributed by atoms with Crippen LogP contribution >= 0.6 is 0 Å². The molecule has 0 aromatic rings. The van der Waals surface area contributed by atoms with E-state index in [-0.39, 0.29) is 11.4 Å². The van der Waals surface area contributed by atoms with Gasteiger partial charge in [-0.25, -0.2) is 0 Å². The Morgan fingerprint density at radius 1 is 1.00 bits per heavy atom. The first kappa shape index (κ1) is 4.48. The lowest BCUT2D eigenvalue weighted by Gasteiger charge is -3.04. The Kier molecular flexibility index (Phi) is 0.319. The molecule has 0 radical (unpaired) electrons. The molecule has 2 nitrogen and oxygen atoms in total. The summed E-state index contributed by atoms with van der Waals surface area (Å²) in [6.45, 7) is 0. The van der Waals surface area contributed by atoms with E-state index < -0.39 is 0 Å². The van der Waals surface area contributed by atoms with Crippen molar-refractivity contribution in [2.75, 3.05) is 0 Å². The highest BCUT2D eigenvalue weighted by atomic mass is 16.4. The van der Waals surface area contributed by atoms with Gasteiger partial charge in [-0.15, -0.1) is 0 Å². The van der Waals surface area contributed by atoms with E-state index in [4.69, 9.17) is 0 Å². The number of aliphatic hydroxyl groups excluding tert-OH is 1. The standard InChI is InChI=1S/C9H8O2/c10-8(11)9-5-2-1-3(5)7(9)4(1)6(2)9/h1-7H,(H,10,11)/p+1. The second-order valence-corrected chi connectivity index (χ2v) is 5.14. The van der Waals surface area contributed by atoms with Gasteiger partial charge in [0.2, 0.25) is 0 Å². The quantitative estimate of drug-likeness (QED) is 0.539. The van der Waals surface area contributed by atoms with Gasteiger partial charge in [0.25, 0.3) is 0 Å². The fraction of sp³-hybridized carbons (Fsp3) is 0.889. The van der Waals surface area contributed by atoms with Gasteiger partial charge in [-0.1, -0.05) is 0 Å². The van der Waals surface area contributed by atoms with Gasteiger partial charge in [-0.2, -0.15) is 0 Å². The highest BCUT2D eigenvalue weighted by Gasteiger charge is 3.08. The Morgan fingerprint density at radius 3 is 1.73 bits per heavy atom. The van der Waals surface area contributed by atoms with E-state index in [1.165, 1.54) is 0 Å². The molecular weight excluding hydrogens is 140 g/mol. The minimum absolute atomic E-state index is 0.00521. The van der Waals surface area contributed by atoms with E-state index in [0.717, 1.165) is 41.4 Å². The maximum atomic E-state index is 9.18. The van der Waals surface area contributed by atoms with Gasteiger partial charge in [0.1, 0.15) is 5.41 Å². The molecule has 6 rings (SSSR count). The van der Waals surface area contributed by atoms with E-state index in [2.05, 4.69) is 0 Å². The zero-order valence-corrected chi connectivity index (χ0v) is 5.94. The summed E-state index contributed by atoms with van der Waals surface area (Å²) in [6, 6.07) is 0. The van der Waals surface area contributed by atoms with Crippen molar-refractivity contribution >= 4 is 5.97 Å². The number of carboxylic acids is 1. The highest BCUT2D eigenvalue weighted by molar-refractivity contribution is 5.86. The summed E-state index contributed by atoms with van der Waals surface area (Å²) >= 11 is 0. The van der Waals surface area contributed by atoms with Crippen LogP contribution in [0.15, 0.2) is 0 Å². The van der Waals surface area contributed by atoms with Crippen molar-refractivity contribution in [3.8, 4) is 0 Å². The van der Waals surface area contributed by atoms with Crippen LogP contribution in [0.4, 0.5) is 0 Å². The maximum absolute atomic E-state index is 9.18. The molecule has 0 bridgehead atoms. The van der Waals surface area contributed by atoms with E-state index in [9.17, 15) is 9.90 Å². The SMILES string of the molecule is OC(=[OH+])C12C3C4C5C3C1C5C42. The second kappa shape index (κ2) is 0.782. The van der Waals surface area contributed by atoms with Gasteiger partial charge in [0, 0.05) is 0 Å². The Hall–Kier alpha value is -0.530. The van der Waals surface area contributed by atoms with E-state index in [1.54, 1.807) is 0 Å². The van der Waals surface area contributed by atoms with Crippen molar-refractivity contribution < 1.29 is 9.90 Å². The third-order valence-corrected chi connectivity index (χ3v) is 5.86. The lowest BCUT2D eigenvalue weighted by molar-refractivity contribution is -0.594. The summed E-state index contributed by atoms with van der Waals surface area (Å²) in [4.78, 5) is 9.18. The van der Waals surface area contributed by atoms with Crippen LogP contribution in [0.2, 0.25) is 0 Å². The Balaban J connectivity index is 1.78. The first-order valence-electron chi connectivity index (χ1n) is 4.56. The first-order chi connectivity index (χ1) is 5.31. The summed E-state index contributed by atoms with van der Waals surface area (Å²) in [7, 11) is 0. The van der Waals surface area contributed by atoms with Gasteiger partial charge in [-0.3, -0.25) is 0 Å². The van der Waals surface area contributed by atoms with E-state index in [0.29, 0.717) is 0 Å². The van der Waals surface area contributed by atoms with Crippen molar-refractivity contribution in [2.24, 2.45) is 46.8 Å². The van der Waals surface area contributed by atoms with Crippen molar-refractivity contribution in [2.45, 2.75) is 0 Å². The molecule has 0 amide bonds. The zero-order valence-electron chi connectivity index (χ0n) is 5.94. The van der Waals surface area contributed by atoms with Crippen molar-refractivity contribution in [1.29, 1.82) is 0 Å². The number of aliphatic carboxylic acids is 1. The average molecular weight is 149 g/mol. The van der Waals surface area contributed by atoms with Crippen LogP contribution in [0.25, 0.3) is 0 Å². The smallest absolute Gasteiger partial charge is 0.339 e. The maximum Gasteiger partial charge on any atom is 0.487 e. The Morgan fingerprint density at radius 2 is 1.45 bits per heavy atom. The van der Waals surface area contributed by atoms with Crippen LogP contribution in [0.5, 0.6) is 0 Å². The number of rotatable bonds is 1. The van der Waals surface area contributed by atoms with E-state index in [1.807, 2.05) is 0 Å². The number of hydrogen-bond acceptors (Lipinski definition) is 0. The molecule has 0 unspecified atom stereocenters. The first-order valence-corrected chi connectivity index (χ1v) is 4.56. The molecule has 2 heteroatoms. The lowest BCUT2D eigenvalue weighted by Crippen LogP contribution is -3.06.